The molecule has 1 fully saturated rings. The number of anilines is 1. The van der Waals surface area contributed by atoms with Crippen LogP contribution in [0.5, 0.6) is 0 Å². The van der Waals surface area contributed by atoms with E-state index in [1.807, 2.05) is 42.3 Å². The first-order chi connectivity index (χ1) is 15.4. The molecule has 0 unspecified atom stereocenters. The zero-order valence-electron chi connectivity index (χ0n) is 18.3. The fourth-order valence-corrected chi connectivity index (χ4v) is 4.13. The van der Waals surface area contributed by atoms with Gasteiger partial charge in [-0.05, 0) is 49.1 Å². The van der Waals surface area contributed by atoms with E-state index in [0.29, 0.717) is 28.6 Å². The number of amides is 2. The molecule has 0 spiro atoms. The third kappa shape index (κ3) is 5.02. The molecule has 0 atom stereocenters. The molecule has 6 nitrogen and oxygen atoms in total. The van der Waals surface area contributed by atoms with E-state index in [-0.39, 0.29) is 11.8 Å². The number of hydrogen-bond acceptors (Lipinski definition) is 3. The van der Waals surface area contributed by atoms with Crippen LogP contribution in [0.3, 0.4) is 0 Å². The van der Waals surface area contributed by atoms with Crippen LogP contribution in [0.25, 0.3) is 11.3 Å². The maximum absolute atomic E-state index is 12.7. The van der Waals surface area contributed by atoms with Crippen LogP contribution < -0.4 is 5.32 Å². The van der Waals surface area contributed by atoms with E-state index in [9.17, 15) is 9.59 Å². The summed E-state index contributed by atoms with van der Waals surface area (Å²) in [5.41, 5.74) is 3.71. The van der Waals surface area contributed by atoms with Gasteiger partial charge in [-0.3, -0.25) is 14.3 Å². The van der Waals surface area contributed by atoms with Gasteiger partial charge in [-0.1, -0.05) is 42.8 Å². The molecule has 0 saturated carbocycles. The monoisotopic (exact) mass is 450 g/mol. The smallest absolute Gasteiger partial charge is 0.257 e. The van der Waals surface area contributed by atoms with Crippen molar-refractivity contribution in [1.82, 2.24) is 14.7 Å². The number of halogens is 1. The molecule has 1 saturated heterocycles. The zero-order valence-corrected chi connectivity index (χ0v) is 19.1. The fraction of sp³-hybridized carbons (Fsp3) is 0.320. The fourth-order valence-electron chi connectivity index (χ4n) is 3.91. The molecule has 4 rings (SSSR count). The summed E-state index contributed by atoms with van der Waals surface area (Å²) in [5.74, 6) is 0.595. The Balaban J connectivity index is 1.42. The lowest BCUT2D eigenvalue weighted by Crippen LogP contribution is -2.39. The number of nitrogens with zero attached hydrogens (tertiary/aromatic N) is 3. The van der Waals surface area contributed by atoms with Gasteiger partial charge >= 0.3 is 0 Å². The number of nitrogens with one attached hydrogen (secondary N) is 1. The number of piperidine rings is 1. The van der Waals surface area contributed by atoms with Crippen molar-refractivity contribution in [2.45, 2.75) is 26.2 Å². The first-order valence-electron chi connectivity index (χ1n) is 10.9. The molecule has 0 bridgehead atoms. The summed E-state index contributed by atoms with van der Waals surface area (Å²) in [6, 6.07) is 16.4. The van der Waals surface area contributed by atoms with Crippen LogP contribution in [-0.2, 0) is 18.3 Å². The molecule has 0 radical (unpaired) electrons. The number of likely N-dealkylation sites (tertiary alicyclic amines) is 1. The Morgan fingerprint density at radius 2 is 1.78 bits per heavy atom. The first kappa shape index (κ1) is 22.1. The Bertz CT molecular complexity index is 1120. The third-order valence-corrected chi connectivity index (χ3v) is 6.33. The highest BCUT2D eigenvalue weighted by Crippen LogP contribution is 2.23. The Morgan fingerprint density at radius 1 is 1.09 bits per heavy atom. The second-order valence-electron chi connectivity index (χ2n) is 8.40. The highest BCUT2D eigenvalue weighted by molar-refractivity contribution is 6.34. The molecule has 1 aliphatic heterocycles. The molecule has 2 aromatic carbocycles. The van der Waals surface area contributed by atoms with Crippen molar-refractivity contribution in [2.24, 2.45) is 13.0 Å². The maximum Gasteiger partial charge on any atom is 0.257 e. The topological polar surface area (TPSA) is 67.2 Å². The van der Waals surface area contributed by atoms with Gasteiger partial charge < -0.3 is 10.2 Å². The van der Waals surface area contributed by atoms with Gasteiger partial charge in [-0.15, -0.1) is 0 Å². The number of carbonyl (C=O) groups excluding carboxylic acids is 2. The minimum Gasteiger partial charge on any atom is -0.342 e. The van der Waals surface area contributed by atoms with E-state index in [1.54, 1.807) is 28.9 Å². The number of rotatable bonds is 5. The second-order valence-corrected chi connectivity index (χ2v) is 8.80. The summed E-state index contributed by atoms with van der Waals surface area (Å²) >= 11 is 6.10. The van der Waals surface area contributed by atoms with Crippen LogP contribution >= 0.6 is 11.6 Å². The zero-order chi connectivity index (χ0) is 22.7. The average Bonchev–Trinajstić information content (AvgIpc) is 3.15. The Hall–Kier alpha value is -3.12. The molecule has 2 heterocycles. The molecular weight excluding hydrogens is 424 g/mol. The molecule has 1 aliphatic rings. The number of aromatic nitrogens is 2. The number of hydrogen-bond donors (Lipinski definition) is 1. The number of carbonyl (C=O) groups is 2. The van der Waals surface area contributed by atoms with Crippen molar-refractivity contribution >= 4 is 29.1 Å². The SMILES string of the molecule is CC1CCN(C(=O)Cc2cc(-c3ccc(NC(=O)c4ccccc4Cl)cc3)nn2C)CC1. The van der Waals surface area contributed by atoms with Crippen molar-refractivity contribution in [3.63, 3.8) is 0 Å². The van der Waals surface area contributed by atoms with Crippen molar-refractivity contribution in [1.29, 1.82) is 0 Å². The molecular formula is C25H27ClN4O2. The van der Waals surface area contributed by atoms with Crippen LogP contribution in [0.15, 0.2) is 54.6 Å². The number of benzene rings is 2. The number of aryl methyl sites for hydroxylation is 1. The van der Waals surface area contributed by atoms with E-state index in [2.05, 4.69) is 17.3 Å². The highest BCUT2D eigenvalue weighted by atomic mass is 35.5. The minimum atomic E-state index is -0.255. The largest absolute Gasteiger partial charge is 0.342 e. The summed E-state index contributed by atoms with van der Waals surface area (Å²) in [4.78, 5) is 27.1. The van der Waals surface area contributed by atoms with E-state index < -0.39 is 0 Å². The van der Waals surface area contributed by atoms with Crippen LogP contribution in [0.2, 0.25) is 5.02 Å². The van der Waals surface area contributed by atoms with Crippen molar-refractivity contribution in [2.75, 3.05) is 18.4 Å². The molecule has 1 aromatic heterocycles. The second kappa shape index (κ2) is 9.57. The van der Waals surface area contributed by atoms with Gasteiger partial charge in [0.1, 0.15) is 0 Å². The van der Waals surface area contributed by atoms with Crippen molar-refractivity contribution < 1.29 is 9.59 Å². The van der Waals surface area contributed by atoms with Crippen molar-refractivity contribution in [3.05, 3.63) is 70.9 Å². The predicted molar refractivity (Wildman–Crippen MR) is 127 cm³/mol. The highest BCUT2D eigenvalue weighted by Gasteiger charge is 2.21. The Morgan fingerprint density at radius 3 is 2.47 bits per heavy atom. The van der Waals surface area contributed by atoms with Gasteiger partial charge in [0.15, 0.2) is 0 Å². The van der Waals surface area contributed by atoms with Gasteiger partial charge in [0, 0.05) is 37.1 Å². The summed E-state index contributed by atoms with van der Waals surface area (Å²) < 4.78 is 1.77. The molecule has 166 valence electrons. The van der Waals surface area contributed by atoms with Gasteiger partial charge in [0.25, 0.3) is 5.91 Å². The lowest BCUT2D eigenvalue weighted by Gasteiger charge is -2.30. The van der Waals surface area contributed by atoms with Crippen LogP contribution in [-0.4, -0.2) is 39.6 Å². The molecule has 32 heavy (non-hydrogen) atoms. The summed E-state index contributed by atoms with van der Waals surface area (Å²) in [7, 11) is 1.86. The van der Waals surface area contributed by atoms with Gasteiger partial charge in [0.05, 0.1) is 22.7 Å². The van der Waals surface area contributed by atoms with Crippen molar-refractivity contribution in [3.8, 4) is 11.3 Å². The predicted octanol–water partition coefficient (Wildman–Crippen LogP) is 4.79. The first-order valence-corrected chi connectivity index (χ1v) is 11.3. The van der Waals surface area contributed by atoms with Crippen LogP contribution in [0, 0.1) is 5.92 Å². The van der Waals surface area contributed by atoms with Crippen LogP contribution in [0.4, 0.5) is 5.69 Å². The molecule has 7 heteroatoms. The van der Waals surface area contributed by atoms with Crippen LogP contribution in [0.1, 0.15) is 35.8 Å². The molecule has 0 aliphatic carbocycles. The summed E-state index contributed by atoms with van der Waals surface area (Å²) in [5, 5.41) is 7.86. The lowest BCUT2D eigenvalue weighted by atomic mass is 9.99. The molecule has 2 amide bonds. The van der Waals surface area contributed by atoms with E-state index in [0.717, 1.165) is 42.9 Å². The normalized spacial score (nSPS) is 14.4. The van der Waals surface area contributed by atoms with E-state index in [4.69, 9.17) is 11.6 Å². The standard InChI is InChI=1S/C25H27ClN4O2/c1-17-11-13-30(14-12-17)24(31)16-20-15-23(28-29(20)2)18-7-9-19(10-8-18)27-25(32)21-5-3-4-6-22(21)26/h3-10,15,17H,11-14,16H2,1-2H3,(H,27,32). The maximum atomic E-state index is 12.7. The summed E-state index contributed by atoms with van der Waals surface area (Å²) in [6.45, 7) is 3.92. The Kier molecular flexibility index (Phi) is 6.61. The van der Waals surface area contributed by atoms with Gasteiger partial charge in [-0.25, -0.2) is 0 Å². The average molecular weight is 451 g/mol. The molecule has 3 aromatic rings. The van der Waals surface area contributed by atoms with Gasteiger partial charge in [-0.2, -0.15) is 5.10 Å². The summed E-state index contributed by atoms with van der Waals surface area (Å²) in [6.07, 6.45) is 2.49. The quantitative estimate of drug-likeness (QED) is 0.607. The minimum absolute atomic E-state index is 0.157. The lowest BCUT2D eigenvalue weighted by molar-refractivity contribution is -0.131. The van der Waals surface area contributed by atoms with E-state index >= 15 is 0 Å². The van der Waals surface area contributed by atoms with E-state index in [1.165, 1.54) is 0 Å². The third-order valence-electron chi connectivity index (χ3n) is 6.00. The van der Waals surface area contributed by atoms with Gasteiger partial charge in [0.2, 0.25) is 5.91 Å². The molecule has 1 N–H and O–H groups in total. The Labute approximate surface area is 193 Å².